The topological polar surface area (TPSA) is 101 Å². The molecule has 2 N–H and O–H groups in total. The number of alkyl halides is 4. The van der Waals surface area contributed by atoms with E-state index in [1.54, 1.807) is 36.3 Å². The van der Waals surface area contributed by atoms with Crippen molar-refractivity contribution in [1.29, 1.82) is 0 Å². The van der Waals surface area contributed by atoms with E-state index >= 15 is 0 Å². The highest BCUT2D eigenvalue weighted by Gasteiger charge is 2.34. The number of amides is 2. The Hall–Kier alpha value is -4.16. The largest absolute Gasteiger partial charge is 0.474 e. The van der Waals surface area contributed by atoms with Crippen molar-refractivity contribution < 1.29 is 31.9 Å². The van der Waals surface area contributed by atoms with Gasteiger partial charge in [-0.3, -0.25) is 14.3 Å². The second-order valence-corrected chi connectivity index (χ2v) is 10.0. The fraction of sp³-hybridized carbons (Fsp3) is 0.407. The fourth-order valence-corrected chi connectivity index (χ4v) is 5.09. The molecule has 0 bridgehead atoms. The van der Waals surface area contributed by atoms with E-state index in [4.69, 9.17) is 4.74 Å². The monoisotopic (exact) mass is 560 g/mol. The molecular formula is C27H28F4N6O3. The number of hydrogen-bond donors (Lipinski definition) is 2. The summed E-state index contributed by atoms with van der Waals surface area (Å²) < 4.78 is 60.8. The Balaban J connectivity index is 1.36. The number of carbonyl (C=O) groups excluding carboxylic acids is 2. The number of nitrogens with zero attached hydrogens (tertiary/aromatic N) is 4. The minimum absolute atomic E-state index is 0.0592. The van der Waals surface area contributed by atoms with Crippen LogP contribution < -0.4 is 20.3 Å². The van der Waals surface area contributed by atoms with Crippen LogP contribution in [-0.2, 0) is 18.0 Å². The summed E-state index contributed by atoms with van der Waals surface area (Å²) in [5, 5.41) is 9.54. The average Bonchev–Trinajstić information content (AvgIpc) is 3.53. The fourth-order valence-electron chi connectivity index (χ4n) is 5.09. The molecule has 9 nitrogen and oxygen atoms in total. The molecular weight excluding hydrogens is 532 g/mol. The van der Waals surface area contributed by atoms with Crippen LogP contribution in [0.4, 0.5) is 34.6 Å². The predicted molar refractivity (Wildman–Crippen MR) is 138 cm³/mol. The Morgan fingerprint density at radius 3 is 2.73 bits per heavy atom. The summed E-state index contributed by atoms with van der Waals surface area (Å²) in [5.74, 6) is -0.998. The van der Waals surface area contributed by atoms with E-state index in [9.17, 15) is 27.2 Å². The second-order valence-electron chi connectivity index (χ2n) is 10.0. The van der Waals surface area contributed by atoms with Gasteiger partial charge in [-0.1, -0.05) is 6.07 Å². The lowest BCUT2D eigenvalue weighted by atomic mass is 9.97. The molecule has 2 aromatic heterocycles. The Kier molecular flexibility index (Phi) is 7.63. The molecule has 2 aliphatic rings. The molecule has 5 rings (SSSR count). The Labute approximate surface area is 227 Å². The zero-order chi connectivity index (χ0) is 28.4. The number of ether oxygens (including phenoxy) is 1. The smallest absolute Gasteiger partial charge is 0.417 e. The Bertz CT molecular complexity index is 1390. The quantitative estimate of drug-likeness (QED) is 0.409. The van der Waals surface area contributed by atoms with Crippen molar-refractivity contribution in [3.05, 3.63) is 60.0 Å². The number of nitrogens with one attached hydrogen (secondary N) is 2. The van der Waals surface area contributed by atoms with E-state index in [0.29, 0.717) is 30.6 Å². The number of benzene rings is 1. The van der Waals surface area contributed by atoms with Crippen molar-refractivity contribution in [3.8, 4) is 5.88 Å². The minimum atomic E-state index is -4.58. The van der Waals surface area contributed by atoms with Crippen LogP contribution in [0.25, 0.3) is 0 Å². The summed E-state index contributed by atoms with van der Waals surface area (Å²) >= 11 is 0. The van der Waals surface area contributed by atoms with Gasteiger partial charge in [-0.05, 0) is 55.9 Å². The summed E-state index contributed by atoms with van der Waals surface area (Å²) in [7, 11) is 1.70. The molecule has 1 aliphatic heterocycles. The van der Waals surface area contributed by atoms with Crippen LogP contribution in [-0.4, -0.2) is 51.9 Å². The number of fused-ring (bicyclic) bond motifs is 1. The van der Waals surface area contributed by atoms with E-state index in [2.05, 4.69) is 20.7 Å². The summed E-state index contributed by atoms with van der Waals surface area (Å²) in [5.41, 5.74) is 0.349. The Morgan fingerprint density at radius 2 is 2.02 bits per heavy atom. The number of carbonyl (C=O) groups is 2. The molecule has 1 aromatic carbocycles. The molecule has 13 heteroatoms. The van der Waals surface area contributed by atoms with Crippen molar-refractivity contribution >= 4 is 28.9 Å². The maximum Gasteiger partial charge on any atom is 0.417 e. The van der Waals surface area contributed by atoms with Crippen LogP contribution in [0, 0.1) is 5.92 Å². The molecule has 1 saturated carbocycles. The normalized spacial score (nSPS) is 19.5. The lowest BCUT2D eigenvalue weighted by molar-refractivity contribution is -0.137. The maximum absolute atomic E-state index is 13.8. The highest BCUT2D eigenvalue weighted by molar-refractivity contribution is 6.01. The van der Waals surface area contributed by atoms with E-state index in [1.165, 1.54) is 16.9 Å². The summed E-state index contributed by atoms with van der Waals surface area (Å²) in [4.78, 5) is 31.9. The van der Waals surface area contributed by atoms with Gasteiger partial charge in [0.15, 0.2) is 0 Å². The first kappa shape index (κ1) is 27.4. The first-order valence-corrected chi connectivity index (χ1v) is 12.9. The zero-order valence-electron chi connectivity index (χ0n) is 21.6. The summed E-state index contributed by atoms with van der Waals surface area (Å²) in [6.45, 7) is 0.429. The number of aromatic nitrogens is 3. The van der Waals surface area contributed by atoms with Gasteiger partial charge in [-0.15, -0.1) is 0 Å². The van der Waals surface area contributed by atoms with Crippen LogP contribution in [0.3, 0.4) is 0 Å². The van der Waals surface area contributed by atoms with Gasteiger partial charge in [0, 0.05) is 30.7 Å². The molecule has 3 atom stereocenters. The third-order valence-corrected chi connectivity index (χ3v) is 7.06. The summed E-state index contributed by atoms with van der Waals surface area (Å²) in [6, 6.07) is 6.39. The molecule has 1 fully saturated rings. The molecule has 3 aromatic rings. The van der Waals surface area contributed by atoms with Crippen molar-refractivity contribution in [2.75, 3.05) is 23.4 Å². The highest BCUT2D eigenvalue weighted by Crippen LogP contribution is 2.39. The zero-order valence-corrected chi connectivity index (χ0v) is 21.6. The second kappa shape index (κ2) is 11.1. The standard InChI is InChI=1S/C27H28F4N6O3/c1-36-15-20(14-33-36)34-25(39)22(10-16-5-6-19(28)9-16)35-24(38)17-3-2-4-21(11-17)37-7-8-40-26-23(37)12-18(13-32-26)27(29,30)31/h2-4,11-16,19,22H,5-10H2,1H3,(H,34,39)(H,35,38)/t16-,19-,22+/m1/s1. The van der Waals surface area contributed by atoms with E-state index < -0.39 is 35.8 Å². The first-order valence-electron chi connectivity index (χ1n) is 12.9. The van der Waals surface area contributed by atoms with Crippen LogP contribution in [0.15, 0.2) is 48.9 Å². The minimum Gasteiger partial charge on any atom is -0.474 e. The van der Waals surface area contributed by atoms with Crippen molar-refractivity contribution in [1.82, 2.24) is 20.1 Å². The number of anilines is 3. The van der Waals surface area contributed by atoms with Crippen LogP contribution in [0.1, 0.15) is 41.6 Å². The van der Waals surface area contributed by atoms with Crippen LogP contribution in [0.5, 0.6) is 5.88 Å². The average molecular weight is 561 g/mol. The molecule has 1 aliphatic carbocycles. The third kappa shape index (κ3) is 6.18. The number of aryl methyl sites for hydroxylation is 1. The van der Waals surface area contributed by atoms with Crippen molar-refractivity contribution in [3.63, 3.8) is 0 Å². The lowest BCUT2D eigenvalue weighted by Gasteiger charge is -2.31. The Morgan fingerprint density at radius 1 is 1.20 bits per heavy atom. The summed E-state index contributed by atoms with van der Waals surface area (Å²) in [6.07, 6.45) is -0.0649. The molecule has 40 heavy (non-hydrogen) atoms. The molecule has 212 valence electrons. The lowest BCUT2D eigenvalue weighted by Crippen LogP contribution is -2.44. The maximum atomic E-state index is 13.8. The van der Waals surface area contributed by atoms with Gasteiger partial charge in [0.2, 0.25) is 11.8 Å². The number of hydrogen-bond acceptors (Lipinski definition) is 6. The SMILES string of the molecule is Cn1cc(NC(=O)[C@H](C[C@@H]2CC[C@@H](F)C2)NC(=O)c2cccc(N3CCOc4ncc(C(F)(F)F)cc43)c2)cn1. The predicted octanol–water partition coefficient (Wildman–Crippen LogP) is 4.63. The van der Waals surface area contributed by atoms with Gasteiger partial charge in [0.1, 0.15) is 24.5 Å². The third-order valence-electron chi connectivity index (χ3n) is 7.06. The van der Waals surface area contributed by atoms with Crippen LogP contribution >= 0.6 is 0 Å². The van der Waals surface area contributed by atoms with Gasteiger partial charge in [0.25, 0.3) is 5.91 Å². The molecule has 0 unspecified atom stereocenters. The molecule has 3 heterocycles. The van der Waals surface area contributed by atoms with E-state index in [1.807, 2.05) is 0 Å². The molecule has 0 saturated heterocycles. The van der Waals surface area contributed by atoms with Crippen LogP contribution in [0.2, 0.25) is 0 Å². The number of rotatable bonds is 7. The van der Waals surface area contributed by atoms with Gasteiger partial charge < -0.3 is 20.3 Å². The van der Waals surface area contributed by atoms with Gasteiger partial charge in [-0.2, -0.15) is 18.3 Å². The van der Waals surface area contributed by atoms with Gasteiger partial charge in [-0.25, -0.2) is 9.37 Å². The van der Waals surface area contributed by atoms with Gasteiger partial charge >= 0.3 is 6.18 Å². The first-order chi connectivity index (χ1) is 19.1. The van der Waals surface area contributed by atoms with Crippen molar-refractivity contribution in [2.24, 2.45) is 13.0 Å². The molecule has 0 radical (unpaired) electrons. The van der Waals surface area contributed by atoms with E-state index in [0.717, 1.165) is 12.3 Å². The molecule has 0 spiro atoms. The number of pyridine rings is 1. The van der Waals surface area contributed by atoms with Gasteiger partial charge in [0.05, 0.1) is 24.0 Å². The van der Waals surface area contributed by atoms with E-state index in [-0.39, 0.29) is 42.6 Å². The van der Waals surface area contributed by atoms with Crippen molar-refractivity contribution in [2.45, 2.75) is 44.1 Å². The number of halogens is 4. The molecule has 2 amide bonds. The highest BCUT2D eigenvalue weighted by atomic mass is 19.4.